The number of hydrogen-bond donors (Lipinski definition) is 0. The van der Waals surface area contributed by atoms with Gasteiger partial charge in [-0.15, -0.1) is 11.8 Å². The third-order valence-corrected chi connectivity index (χ3v) is 4.78. The van der Waals surface area contributed by atoms with Gasteiger partial charge in [-0.2, -0.15) is 0 Å². The summed E-state index contributed by atoms with van der Waals surface area (Å²) in [6.07, 6.45) is 0. The zero-order valence-corrected chi connectivity index (χ0v) is 13.1. The van der Waals surface area contributed by atoms with Gasteiger partial charge >= 0.3 is 0 Å². The summed E-state index contributed by atoms with van der Waals surface area (Å²) < 4.78 is 28.2. The Kier molecular flexibility index (Phi) is 3.91. The lowest BCUT2D eigenvalue weighted by Gasteiger charge is -2.25. The number of halogens is 2. The van der Waals surface area contributed by atoms with Crippen molar-refractivity contribution in [2.45, 2.75) is 19.2 Å². The fourth-order valence-electron chi connectivity index (χ4n) is 2.75. The first kappa shape index (κ1) is 15.0. The van der Waals surface area contributed by atoms with Crippen LogP contribution in [-0.4, -0.2) is 11.7 Å². The predicted octanol–water partition coefficient (Wildman–Crippen LogP) is 4.36. The van der Waals surface area contributed by atoms with Gasteiger partial charge < -0.3 is 0 Å². The molecule has 2 aromatic carbocycles. The third-order valence-electron chi connectivity index (χ3n) is 3.60. The predicted molar refractivity (Wildman–Crippen MR) is 85.0 cm³/mol. The molecule has 2 aromatic rings. The molecule has 1 saturated heterocycles. The van der Waals surface area contributed by atoms with Crippen LogP contribution < -0.4 is 4.90 Å². The van der Waals surface area contributed by atoms with Crippen molar-refractivity contribution in [3.8, 4) is 0 Å². The quantitative estimate of drug-likeness (QED) is 0.820. The monoisotopic (exact) mass is 319 g/mol. The lowest BCUT2D eigenvalue weighted by Crippen LogP contribution is -2.29. The maximum atomic E-state index is 14.1. The Hall–Kier alpha value is -1.88. The van der Waals surface area contributed by atoms with Gasteiger partial charge in [-0.25, -0.2) is 8.78 Å². The molecule has 1 aliphatic heterocycles. The molecule has 1 fully saturated rings. The van der Waals surface area contributed by atoms with Crippen molar-refractivity contribution in [2.75, 3.05) is 10.7 Å². The maximum absolute atomic E-state index is 14.1. The SMILES string of the molecule is Cc1cc(C)cc(N2C(=O)CSC2c2c(F)cccc2F)c1. The van der Waals surface area contributed by atoms with Crippen molar-refractivity contribution in [1.29, 1.82) is 0 Å². The topological polar surface area (TPSA) is 20.3 Å². The fourth-order valence-corrected chi connectivity index (χ4v) is 3.97. The van der Waals surface area contributed by atoms with Gasteiger partial charge in [-0.05, 0) is 49.2 Å². The van der Waals surface area contributed by atoms with Crippen LogP contribution in [0.15, 0.2) is 36.4 Å². The summed E-state index contributed by atoms with van der Waals surface area (Å²) in [5, 5.41) is -0.671. The van der Waals surface area contributed by atoms with Gasteiger partial charge in [0.05, 0.1) is 11.3 Å². The molecule has 1 amide bonds. The molecule has 3 rings (SSSR count). The number of amides is 1. The summed E-state index contributed by atoms with van der Waals surface area (Å²) in [4.78, 5) is 13.8. The summed E-state index contributed by atoms with van der Waals surface area (Å²) in [7, 11) is 0. The van der Waals surface area contributed by atoms with Gasteiger partial charge in [0.1, 0.15) is 17.0 Å². The van der Waals surface area contributed by atoms with Gasteiger partial charge in [0.15, 0.2) is 0 Å². The number of rotatable bonds is 2. The Labute approximate surface area is 132 Å². The fraction of sp³-hybridized carbons (Fsp3) is 0.235. The number of benzene rings is 2. The molecule has 5 heteroatoms. The lowest BCUT2D eigenvalue weighted by atomic mass is 10.1. The standard InChI is InChI=1S/C17H15F2NOS/c1-10-6-11(2)8-12(7-10)20-15(21)9-22-17(20)16-13(18)4-3-5-14(16)19/h3-8,17H,9H2,1-2H3. The van der Waals surface area contributed by atoms with Gasteiger partial charge in [-0.1, -0.05) is 12.1 Å². The summed E-state index contributed by atoms with van der Waals surface area (Å²) in [5.41, 5.74) is 2.64. The van der Waals surface area contributed by atoms with E-state index in [9.17, 15) is 13.6 Å². The number of hydrogen-bond acceptors (Lipinski definition) is 2. The van der Waals surface area contributed by atoms with Crippen molar-refractivity contribution < 1.29 is 13.6 Å². The number of aryl methyl sites for hydroxylation is 2. The van der Waals surface area contributed by atoms with E-state index in [4.69, 9.17) is 0 Å². The van der Waals surface area contributed by atoms with E-state index in [1.54, 1.807) is 0 Å². The van der Waals surface area contributed by atoms with E-state index in [0.29, 0.717) is 5.69 Å². The van der Waals surface area contributed by atoms with Gasteiger partial charge in [0.2, 0.25) is 5.91 Å². The second-order valence-corrected chi connectivity index (χ2v) is 6.48. The van der Waals surface area contributed by atoms with Crippen LogP contribution in [0.3, 0.4) is 0 Å². The minimum absolute atomic E-state index is 0.0579. The smallest absolute Gasteiger partial charge is 0.238 e. The van der Waals surface area contributed by atoms with E-state index in [2.05, 4.69) is 0 Å². The first-order chi connectivity index (χ1) is 10.5. The van der Waals surface area contributed by atoms with E-state index >= 15 is 0 Å². The Morgan fingerprint density at radius 1 is 1.09 bits per heavy atom. The van der Waals surface area contributed by atoms with Gasteiger partial charge in [-0.3, -0.25) is 9.69 Å². The number of carbonyl (C=O) groups excluding carboxylic acids is 1. The molecule has 1 aliphatic rings. The average molecular weight is 319 g/mol. The molecule has 0 N–H and O–H groups in total. The molecular formula is C17H15F2NOS. The largest absolute Gasteiger partial charge is 0.295 e. The highest BCUT2D eigenvalue weighted by atomic mass is 32.2. The van der Waals surface area contributed by atoms with Crippen molar-refractivity contribution in [2.24, 2.45) is 0 Å². The molecule has 114 valence electrons. The van der Waals surface area contributed by atoms with Crippen LogP contribution >= 0.6 is 11.8 Å². The molecular weight excluding hydrogens is 304 g/mol. The zero-order valence-electron chi connectivity index (χ0n) is 12.3. The van der Waals surface area contributed by atoms with Crippen molar-refractivity contribution in [3.63, 3.8) is 0 Å². The third kappa shape index (κ3) is 2.61. The summed E-state index contributed by atoms with van der Waals surface area (Å²) in [6, 6.07) is 9.50. The Bertz CT molecular complexity index is 707. The highest BCUT2D eigenvalue weighted by Crippen LogP contribution is 2.43. The molecule has 0 radical (unpaired) electrons. The normalized spacial score (nSPS) is 18.1. The highest BCUT2D eigenvalue weighted by Gasteiger charge is 2.37. The van der Waals surface area contributed by atoms with E-state index in [-0.39, 0.29) is 17.2 Å². The van der Waals surface area contributed by atoms with E-state index < -0.39 is 17.0 Å². The van der Waals surface area contributed by atoms with Gasteiger partial charge in [0, 0.05) is 5.69 Å². The van der Waals surface area contributed by atoms with Crippen LogP contribution in [0.2, 0.25) is 0 Å². The Morgan fingerprint density at radius 2 is 1.68 bits per heavy atom. The van der Waals surface area contributed by atoms with Gasteiger partial charge in [0.25, 0.3) is 0 Å². The molecule has 1 atom stereocenters. The minimum atomic E-state index is -0.671. The van der Waals surface area contributed by atoms with Crippen LogP contribution in [0.4, 0.5) is 14.5 Å². The number of thioether (sulfide) groups is 1. The first-order valence-electron chi connectivity index (χ1n) is 6.93. The number of anilines is 1. The summed E-state index contributed by atoms with van der Waals surface area (Å²) in [5.74, 6) is -1.17. The van der Waals surface area contributed by atoms with E-state index in [0.717, 1.165) is 11.1 Å². The second-order valence-electron chi connectivity index (χ2n) is 5.41. The minimum Gasteiger partial charge on any atom is -0.295 e. The highest BCUT2D eigenvalue weighted by molar-refractivity contribution is 8.00. The Balaban J connectivity index is 2.10. The van der Waals surface area contributed by atoms with Crippen molar-refractivity contribution >= 4 is 23.4 Å². The van der Waals surface area contributed by atoms with Crippen LogP contribution in [0.1, 0.15) is 22.1 Å². The molecule has 0 aromatic heterocycles. The molecule has 0 aliphatic carbocycles. The molecule has 1 heterocycles. The van der Waals surface area contributed by atoms with Crippen molar-refractivity contribution in [1.82, 2.24) is 0 Å². The van der Waals surface area contributed by atoms with E-state index in [1.807, 2.05) is 32.0 Å². The number of nitrogens with zero attached hydrogens (tertiary/aromatic N) is 1. The van der Waals surface area contributed by atoms with E-state index in [1.165, 1.54) is 34.9 Å². The van der Waals surface area contributed by atoms with Crippen LogP contribution in [0, 0.1) is 25.5 Å². The summed E-state index contributed by atoms with van der Waals surface area (Å²) >= 11 is 1.24. The molecule has 1 unspecified atom stereocenters. The molecule has 22 heavy (non-hydrogen) atoms. The molecule has 0 bridgehead atoms. The molecule has 2 nitrogen and oxygen atoms in total. The van der Waals surface area contributed by atoms with Crippen LogP contribution in [-0.2, 0) is 4.79 Å². The van der Waals surface area contributed by atoms with Crippen LogP contribution in [0.25, 0.3) is 0 Å². The maximum Gasteiger partial charge on any atom is 0.238 e. The molecule has 0 saturated carbocycles. The zero-order chi connectivity index (χ0) is 15.9. The number of carbonyl (C=O) groups is 1. The van der Waals surface area contributed by atoms with Crippen LogP contribution in [0.5, 0.6) is 0 Å². The summed E-state index contributed by atoms with van der Waals surface area (Å²) in [6.45, 7) is 3.87. The first-order valence-corrected chi connectivity index (χ1v) is 7.98. The lowest BCUT2D eigenvalue weighted by molar-refractivity contribution is -0.115. The Morgan fingerprint density at radius 3 is 2.27 bits per heavy atom. The molecule has 0 spiro atoms. The average Bonchev–Trinajstić information content (AvgIpc) is 2.79. The van der Waals surface area contributed by atoms with Crippen molar-refractivity contribution in [3.05, 3.63) is 64.7 Å². The second kappa shape index (κ2) is 5.72.